The Labute approximate surface area is 151 Å². The molecule has 6 heteroatoms. The van der Waals surface area contributed by atoms with E-state index in [1.807, 2.05) is 49.5 Å². The van der Waals surface area contributed by atoms with Crippen LogP contribution in [0.25, 0.3) is 28.1 Å². The van der Waals surface area contributed by atoms with E-state index in [-0.39, 0.29) is 11.5 Å². The molecule has 0 unspecified atom stereocenters. The molecular weight excluding hydrogens is 326 g/mol. The number of H-pyrrole nitrogens is 1. The lowest BCUT2D eigenvalue weighted by Gasteiger charge is -2.10. The molecule has 0 amide bonds. The van der Waals surface area contributed by atoms with Crippen molar-refractivity contribution in [2.24, 2.45) is 11.6 Å². The van der Waals surface area contributed by atoms with E-state index in [9.17, 15) is 4.79 Å². The van der Waals surface area contributed by atoms with Crippen LogP contribution in [0.15, 0.2) is 60.4 Å². The van der Waals surface area contributed by atoms with Crippen molar-refractivity contribution in [2.45, 2.75) is 13.8 Å². The van der Waals surface area contributed by atoms with Gasteiger partial charge >= 0.3 is 0 Å². The van der Waals surface area contributed by atoms with Crippen LogP contribution in [0.2, 0.25) is 0 Å². The van der Waals surface area contributed by atoms with E-state index in [0.717, 1.165) is 33.5 Å². The minimum absolute atomic E-state index is 0.205. The number of hydrogen-bond donors (Lipinski definition) is 4. The smallest absolute Gasteiger partial charge is 0.179 e. The summed E-state index contributed by atoms with van der Waals surface area (Å²) in [4.78, 5) is 11.5. The first-order valence-corrected chi connectivity index (χ1v) is 8.20. The molecule has 6 N–H and O–H groups in total. The number of benzene rings is 2. The zero-order valence-corrected chi connectivity index (χ0v) is 14.7. The number of nitrogens with zero attached hydrogens (tertiary/aromatic N) is 1. The van der Waals surface area contributed by atoms with Crippen LogP contribution in [0.1, 0.15) is 18.1 Å². The molecule has 132 valence electrons. The van der Waals surface area contributed by atoms with Gasteiger partial charge in [-0.3, -0.25) is 15.7 Å². The van der Waals surface area contributed by atoms with Crippen molar-refractivity contribution in [1.82, 2.24) is 15.6 Å². The highest BCUT2D eigenvalue weighted by atomic mass is 16.1. The summed E-state index contributed by atoms with van der Waals surface area (Å²) < 4.78 is 0. The average Bonchev–Trinajstić information content (AvgIpc) is 3.08. The predicted molar refractivity (Wildman–Crippen MR) is 103 cm³/mol. The molecule has 1 aromatic heterocycles. The fourth-order valence-corrected chi connectivity index (χ4v) is 2.82. The molecule has 26 heavy (non-hydrogen) atoms. The quantitative estimate of drug-likeness (QED) is 0.322. The first kappa shape index (κ1) is 17.4. The predicted octanol–water partition coefficient (Wildman–Crippen LogP) is 2.73. The van der Waals surface area contributed by atoms with E-state index in [1.165, 1.54) is 6.92 Å². The highest BCUT2D eigenvalue weighted by molar-refractivity contribution is 5.99. The third-order valence-corrected chi connectivity index (χ3v) is 4.28. The standard InChI is InChI=1S/C20H21N5O/c1-12-11-23-25-19(12)17-9-5-15(6-10-17)14-3-7-16(8-4-14)18(21)20(24-22)13(2)26/h3-11,24H,21-22H2,1-2H3,(H,23,25)/b20-18-. The van der Waals surface area contributed by atoms with Gasteiger partial charge in [0.15, 0.2) is 5.78 Å². The van der Waals surface area contributed by atoms with Crippen molar-refractivity contribution in [1.29, 1.82) is 0 Å². The molecule has 0 aliphatic carbocycles. The molecule has 0 fully saturated rings. The van der Waals surface area contributed by atoms with Crippen molar-refractivity contribution in [3.05, 3.63) is 71.6 Å². The van der Waals surface area contributed by atoms with E-state index in [1.54, 1.807) is 0 Å². The molecule has 0 radical (unpaired) electrons. The van der Waals surface area contributed by atoms with Gasteiger partial charge in [0.2, 0.25) is 0 Å². The second-order valence-corrected chi connectivity index (χ2v) is 6.06. The van der Waals surface area contributed by atoms with Gasteiger partial charge in [0.1, 0.15) is 5.70 Å². The van der Waals surface area contributed by atoms with Crippen LogP contribution >= 0.6 is 0 Å². The third kappa shape index (κ3) is 3.36. The molecule has 0 bridgehead atoms. The summed E-state index contributed by atoms with van der Waals surface area (Å²) in [5.74, 6) is 5.17. The molecule has 0 saturated carbocycles. The SMILES string of the molecule is CC(=O)/C(NN)=C(/N)c1ccc(-c2ccc(-c3n[nH]cc3C)cc2)cc1. The van der Waals surface area contributed by atoms with Crippen LogP contribution in [-0.4, -0.2) is 16.0 Å². The van der Waals surface area contributed by atoms with E-state index < -0.39 is 0 Å². The zero-order valence-electron chi connectivity index (χ0n) is 14.7. The van der Waals surface area contributed by atoms with Crippen LogP contribution in [0.4, 0.5) is 0 Å². The number of aromatic amines is 1. The highest BCUT2D eigenvalue weighted by Crippen LogP contribution is 2.26. The lowest BCUT2D eigenvalue weighted by atomic mass is 10.00. The Balaban J connectivity index is 1.87. The van der Waals surface area contributed by atoms with Crippen LogP contribution < -0.4 is 17.0 Å². The number of carbonyl (C=O) groups excluding carboxylic acids is 1. The van der Waals surface area contributed by atoms with Gasteiger partial charge in [-0.15, -0.1) is 0 Å². The summed E-state index contributed by atoms with van der Waals surface area (Å²) in [5, 5.41) is 7.15. The zero-order chi connectivity index (χ0) is 18.7. The van der Waals surface area contributed by atoms with Crippen molar-refractivity contribution in [3.8, 4) is 22.4 Å². The van der Waals surface area contributed by atoms with Gasteiger partial charge in [-0.05, 0) is 29.2 Å². The minimum Gasteiger partial charge on any atom is -0.396 e. The van der Waals surface area contributed by atoms with Gasteiger partial charge in [-0.2, -0.15) is 5.10 Å². The van der Waals surface area contributed by atoms with E-state index in [2.05, 4.69) is 27.8 Å². The second kappa shape index (κ2) is 7.25. The second-order valence-electron chi connectivity index (χ2n) is 6.06. The molecule has 1 heterocycles. The van der Waals surface area contributed by atoms with Gasteiger partial charge in [0.05, 0.1) is 11.4 Å². The van der Waals surface area contributed by atoms with E-state index >= 15 is 0 Å². The molecule has 0 aliphatic heterocycles. The Morgan fingerprint density at radius 1 is 1.00 bits per heavy atom. The number of rotatable bonds is 5. The fourth-order valence-electron chi connectivity index (χ4n) is 2.82. The Kier molecular flexibility index (Phi) is 4.86. The first-order chi connectivity index (χ1) is 12.5. The monoisotopic (exact) mass is 347 g/mol. The summed E-state index contributed by atoms with van der Waals surface area (Å²) in [5.41, 5.74) is 14.9. The van der Waals surface area contributed by atoms with Crippen LogP contribution in [-0.2, 0) is 4.79 Å². The minimum atomic E-state index is -0.210. The summed E-state index contributed by atoms with van der Waals surface area (Å²) >= 11 is 0. The molecule has 0 atom stereocenters. The Morgan fingerprint density at radius 3 is 2.00 bits per heavy atom. The van der Waals surface area contributed by atoms with Gasteiger partial charge in [-0.25, -0.2) is 0 Å². The lowest BCUT2D eigenvalue weighted by Crippen LogP contribution is -2.28. The maximum atomic E-state index is 11.5. The first-order valence-electron chi connectivity index (χ1n) is 8.20. The number of Topliss-reactive ketones (excluding diaryl/α,β-unsaturated/α-hetero) is 1. The number of allylic oxidation sites excluding steroid dienone is 1. The maximum absolute atomic E-state index is 11.5. The number of aromatic nitrogens is 2. The highest BCUT2D eigenvalue weighted by Gasteiger charge is 2.10. The topological polar surface area (TPSA) is 110 Å². The van der Waals surface area contributed by atoms with E-state index in [4.69, 9.17) is 11.6 Å². The van der Waals surface area contributed by atoms with Crippen LogP contribution in [0, 0.1) is 6.92 Å². The number of hydrogen-bond acceptors (Lipinski definition) is 5. The van der Waals surface area contributed by atoms with Crippen molar-refractivity contribution >= 4 is 11.5 Å². The molecule has 0 saturated heterocycles. The van der Waals surface area contributed by atoms with Crippen LogP contribution in [0.5, 0.6) is 0 Å². The molecule has 6 nitrogen and oxygen atoms in total. The Hall–Kier alpha value is -3.38. The van der Waals surface area contributed by atoms with Crippen molar-refractivity contribution < 1.29 is 4.79 Å². The van der Waals surface area contributed by atoms with Gasteiger partial charge in [0.25, 0.3) is 0 Å². The third-order valence-electron chi connectivity index (χ3n) is 4.28. The molecule has 2 aromatic carbocycles. The number of nitrogens with two attached hydrogens (primary N) is 2. The Morgan fingerprint density at radius 2 is 1.54 bits per heavy atom. The molecule has 3 rings (SSSR count). The van der Waals surface area contributed by atoms with Gasteiger partial charge in [0, 0.05) is 18.7 Å². The maximum Gasteiger partial charge on any atom is 0.179 e. The van der Waals surface area contributed by atoms with Crippen LogP contribution in [0.3, 0.4) is 0 Å². The number of aryl methyl sites for hydroxylation is 1. The van der Waals surface area contributed by atoms with Crippen molar-refractivity contribution in [3.63, 3.8) is 0 Å². The summed E-state index contributed by atoms with van der Waals surface area (Å²) in [7, 11) is 0. The molecule has 0 spiro atoms. The van der Waals surface area contributed by atoms with Gasteiger partial charge < -0.3 is 11.2 Å². The number of hydrazine groups is 1. The van der Waals surface area contributed by atoms with Crippen molar-refractivity contribution in [2.75, 3.05) is 0 Å². The molecule has 3 aromatic rings. The molecule has 0 aliphatic rings. The number of nitrogens with one attached hydrogen (secondary N) is 2. The average molecular weight is 347 g/mol. The Bertz CT molecular complexity index is 953. The lowest BCUT2D eigenvalue weighted by molar-refractivity contribution is -0.113. The van der Waals surface area contributed by atoms with E-state index in [0.29, 0.717) is 5.70 Å². The molecular formula is C20H21N5O. The summed E-state index contributed by atoms with van der Waals surface area (Å²) in [6.45, 7) is 3.44. The van der Waals surface area contributed by atoms with Gasteiger partial charge in [-0.1, -0.05) is 48.5 Å². The number of carbonyl (C=O) groups is 1. The largest absolute Gasteiger partial charge is 0.396 e. The fraction of sp³-hybridized carbons (Fsp3) is 0.100. The normalized spacial score (nSPS) is 11.8. The summed E-state index contributed by atoms with van der Waals surface area (Å²) in [6, 6.07) is 15.9. The summed E-state index contributed by atoms with van der Waals surface area (Å²) in [6.07, 6.45) is 1.88. The number of ketones is 1.